The molecule has 1 aromatic rings. The zero-order valence-electron chi connectivity index (χ0n) is 15.8. The van der Waals surface area contributed by atoms with Crippen LogP contribution in [0.25, 0.3) is 0 Å². The molecule has 6 nitrogen and oxygen atoms in total. The number of ether oxygens (including phenoxy) is 1. The van der Waals surface area contributed by atoms with Crippen LogP contribution in [0.1, 0.15) is 19.5 Å². The molecule has 6 heteroatoms. The molecule has 0 saturated carbocycles. The molecule has 1 saturated heterocycles. The third kappa shape index (κ3) is 4.98. The Morgan fingerprint density at radius 1 is 1.38 bits per heavy atom. The summed E-state index contributed by atoms with van der Waals surface area (Å²) in [6, 6.07) is 4.72. The van der Waals surface area contributed by atoms with Crippen molar-refractivity contribution >= 4 is 5.96 Å². The second kappa shape index (κ2) is 9.08. The number of rotatable bonds is 6. The highest BCUT2D eigenvalue weighted by Crippen LogP contribution is 2.12. The molecular weight excluding hydrogens is 302 g/mol. The molecule has 0 aliphatic carbocycles. The standard InChI is InChI=1S/C18H33N5O/c1-15(2)17(23-9-11-24-12-10-23)13-20-18(19-3)22(5)14-16-7-6-8-21(16)4/h6-8,15,17H,9-14H2,1-5H3,(H,19,20). The number of aliphatic imine (C=N–C) groups is 1. The Kier molecular flexibility index (Phi) is 7.12. The van der Waals surface area contributed by atoms with Gasteiger partial charge in [0.15, 0.2) is 5.96 Å². The van der Waals surface area contributed by atoms with Gasteiger partial charge >= 0.3 is 0 Å². The summed E-state index contributed by atoms with van der Waals surface area (Å²) in [6.45, 7) is 10.0. The van der Waals surface area contributed by atoms with E-state index in [1.54, 1.807) is 0 Å². The Labute approximate surface area is 146 Å². The van der Waals surface area contributed by atoms with Gasteiger partial charge in [0.1, 0.15) is 0 Å². The molecular formula is C18H33N5O. The van der Waals surface area contributed by atoms with E-state index in [1.807, 2.05) is 7.05 Å². The summed E-state index contributed by atoms with van der Waals surface area (Å²) in [4.78, 5) is 9.16. The highest BCUT2D eigenvalue weighted by molar-refractivity contribution is 5.79. The molecule has 1 N–H and O–H groups in total. The summed E-state index contributed by atoms with van der Waals surface area (Å²) in [5.74, 6) is 1.53. The van der Waals surface area contributed by atoms with Gasteiger partial charge in [-0.05, 0) is 18.1 Å². The van der Waals surface area contributed by atoms with Crippen LogP contribution in [0.4, 0.5) is 0 Å². The largest absolute Gasteiger partial charge is 0.379 e. The fourth-order valence-corrected chi connectivity index (χ4v) is 3.25. The fraction of sp³-hybridized carbons (Fsp3) is 0.722. The average molecular weight is 335 g/mol. The summed E-state index contributed by atoms with van der Waals surface area (Å²) in [6.07, 6.45) is 2.08. The smallest absolute Gasteiger partial charge is 0.193 e. The maximum absolute atomic E-state index is 5.49. The third-order valence-corrected chi connectivity index (χ3v) is 4.78. The van der Waals surface area contributed by atoms with Crippen molar-refractivity contribution in [3.63, 3.8) is 0 Å². The lowest BCUT2D eigenvalue weighted by molar-refractivity contribution is 0.00741. The Morgan fingerprint density at radius 3 is 2.62 bits per heavy atom. The first-order chi connectivity index (χ1) is 11.5. The molecule has 24 heavy (non-hydrogen) atoms. The lowest BCUT2D eigenvalue weighted by atomic mass is 10.0. The molecule has 2 heterocycles. The number of morpholine rings is 1. The minimum atomic E-state index is 0.495. The van der Waals surface area contributed by atoms with Crippen LogP contribution in [0, 0.1) is 5.92 Å². The number of hydrogen-bond donors (Lipinski definition) is 1. The van der Waals surface area contributed by atoms with Gasteiger partial charge in [0, 0.05) is 58.7 Å². The monoisotopic (exact) mass is 335 g/mol. The van der Waals surface area contributed by atoms with Crippen LogP contribution < -0.4 is 5.32 Å². The molecule has 1 aliphatic heterocycles. The quantitative estimate of drug-likeness (QED) is 0.630. The zero-order chi connectivity index (χ0) is 17.5. The van der Waals surface area contributed by atoms with E-state index in [4.69, 9.17) is 4.74 Å². The van der Waals surface area contributed by atoms with Crippen molar-refractivity contribution in [1.29, 1.82) is 0 Å². The molecule has 1 fully saturated rings. The van der Waals surface area contributed by atoms with Crippen LogP contribution in [-0.2, 0) is 18.3 Å². The number of aromatic nitrogens is 1. The summed E-state index contributed by atoms with van der Waals surface area (Å²) in [5.41, 5.74) is 1.27. The van der Waals surface area contributed by atoms with E-state index in [-0.39, 0.29) is 0 Å². The summed E-state index contributed by atoms with van der Waals surface area (Å²) < 4.78 is 7.64. The van der Waals surface area contributed by atoms with Gasteiger partial charge in [-0.3, -0.25) is 9.89 Å². The molecule has 0 radical (unpaired) electrons. The maximum atomic E-state index is 5.49. The van der Waals surface area contributed by atoms with Crippen molar-refractivity contribution in [3.8, 4) is 0 Å². The number of guanidine groups is 1. The Hall–Kier alpha value is -1.53. The van der Waals surface area contributed by atoms with E-state index >= 15 is 0 Å². The minimum absolute atomic E-state index is 0.495. The van der Waals surface area contributed by atoms with Crippen LogP contribution in [-0.4, -0.2) is 73.3 Å². The molecule has 1 atom stereocenters. The Morgan fingerprint density at radius 2 is 2.08 bits per heavy atom. The van der Waals surface area contributed by atoms with Crippen LogP contribution in [0.5, 0.6) is 0 Å². The number of nitrogens with one attached hydrogen (secondary N) is 1. The van der Waals surface area contributed by atoms with Crippen LogP contribution in [0.15, 0.2) is 23.3 Å². The van der Waals surface area contributed by atoms with Crippen molar-refractivity contribution < 1.29 is 4.74 Å². The lowest BCUT2D eigenvalue weighted by Gasteiger charge is -2.37. The molecule has 0 amide bonds. The highest BCUT2D eigenvalue weighted by Gasteiger charge is 2.24. The SMILES string of the molecule is CN=C(NCC(C(C)C)N1CCOCC1)N(C)Cc1cccn1C. The molecule has 0 spiro atoms. The summed E-state index contributed by atoms with van der Waals surface area (Å²) in [7, 11) is 6.01. The molecule has 0 bridgehead atoms. The van der Waals surface area contributed by atoms with Gasteiger partial charge in [-0.25, -0.2) is 0 Å². The van der Waals surface area contributed by atoms with Crippen LogP contribution in [0.2, 0.25) is 0 Å². The van der Waals surface area contributed by atoms with Crippen molar-refractivity contribution in [1.82, 2.24) is 19.7 Å². The molecule has 136 valence electrons. The molecule has 2 rings (SSSR count). The van der Waals surface area contributed by atoms with E-state index in [9.17, 15) is 0 Å². The number of nitrogens with zero attached hydrogens (tertiary/aromatic N) is 4. The predicted octanol–water partition coefficient (Wildman–Crippen LogP) is 1.39. The fourth-order valence-electron chi connectivity index (χ4n) is 3.25. The predicted molar refractivity (Wildman–Crippen MR) is 99.3 cm³/mol. The van der Waals surface area contributed by atoms with E-state index < -0.39 is 0 Å². The van der Waals surface area contributed by atoms with Crippen LogP contribution in [0.3, 0.4) is 0 Å². The summed E-state index contributed by atoms with van der Waals surface area (Å²) in [5, 5.41) is 3.56. The first-order valence-electron chi connectivity index (χ1n) is 8.86. The van der Waals surface area contributed by atoms with Gasteiger partial charge in [0.05, 0.1) is 19.8 Å². The molecule has 1 aromatic heterocycles. The topological polar surface area (TPSA) is 45.0 Å². The number of hydrogen-bond acceptors (Lipinski definition) is 3. The van der Waals surface area contributed by atoms with Gasteiger partial charge in [0.2, 0.25) is 0 Å². The maximum Gasteiger partial charge on any atom is 0.193 e. The van der Waals surface area contributed by atoms with E-state index in [1.165, 1.54) is 5.69 Å². The van der Waals surface area contributed by atoms with Gasteiger partial charge in [-0.1, -0.05) is 13.8 Å². The minimum Gasteiger partial charge on any atom is -0.379 e. The van der Waals surface area contributed by atoms with E-state index in [0.29, 0.717) is 12.0 Å². The number of aryl methyl sites for hydroxylation is 1. The van der Waals surface area contributed by atoms with Gasteiger partial charge < -0.3 is 19.5 Å². The molecule has 1 unspecified atom stereocenters. The Bertz CT molecular complexity index is 519. The average Bonchev–Trinajstić information content (AvgIpc) is 2.97. The van der Waals surface area contributed by atoms with Gasteiger partial charge in [-0.15, -0.1) is 0 Å². The summed E-state index contributed by atoms with van der Waals surface area (Å²) >= 11 is 0. The molecule has 0 aromatic carbocycles. The third-order valence-electron chi connectivity index (χ3n) is 4.78. The van der Waals surface area contributed by atoms with Crippen molar-refractivity contribution in [2.45, 2.75) is 26.4 Å². The van der Waals surface area contributed by atoms with Crippen molar-refractivity contribution in [2.24, 2.45) is 18.0 Å². The van der Waals surface area contributed by atoms with Crippen LogP contribution >= 0.6 is 0 Å². The second-order valence-electron chi connectivity index (χ2n) is 6.85. The molecule has 1 aliphatic rings. The normalized spacial score (nSPS) is 18.0. The van der Waals surface area contributed by atoms with E-state index in [2.05, 4.69) is 70.9 Å². The van der Waals surface area contributed by atoms with Gasteiger partial charge in [0.25, 0.3) is 0 Å². The van der Waals surface area contributed by atoms with Crippen molar-refractivity contribution in [2.75, 3.05) is 46.9 Å². The Balaban J connectivity index is 1.92. The van der Waals surface area contributed by atoms with Gasteiger partial charge in [-0.2, -0.15) is 0 Å². The highest BCUT2D eigenvalue weighted by atomic mass is 16.5. The lowest BCUT2D eigenvalue weighted by Crippen LogP contribution is -2.52. The first kappa shape index (κ1) is 18.8. The van der Waals surface area contributed by atoms with E-state index in [0.717, 1.165) is 45.4 Å². The zero-order valence-corrected chi connectivity index (χ0v) is 15.8. The van der Waals surface area contributed by atoms with Crippen molar-refractivity contribution in [3.05, 3.63) is 24.0 Å². The first-order valence-corrected chi connectivity index (χ1v) is 8.86. The second-order valence-corrected chi connectivity index (χ2v) is 6.85.